The highest BCUT2D eigenvalue weighted by molar-refractivity contribution is 6.01. The average molecular weight is 316 g/mol. The Kier molecular flexibility index (Phi) is 8.15. The standard InChI is InChI=1S/C14H17N3O.2ClH/c1-10-5-6-12(17-13(18)7-9-15-2)11-4-3-8-16-14(10)11;;/h3-6,8,15H,7,9H2,1-2H3,(H,17,18);2*1H. The number of nitrogens with one attached hydrogen (secondary N) is 2. The zero-order valence-corrected chi connectivity index (χ0v) is 13.1. The third-order valence-electron chi connectivity index (χ3n) is 2.85. The van der Waals surface area contributed by atoms with E-state index in [1.54, 1.807) is 6.20 Å². The summed E-state index contributed by atoms with van der Waals surface area (Å²) in [6.45, 7) is 2.69. The van der Waals surface area contributed by atoms with Gasteiger partial charge < -0.3 is 10.6 Å². The number of carbonyl (C=O) groups excluding carboxylic acids is 1. The molecule has 6 heteroatoms. The molecule has 2 aromatic rings. The largest absolute Gasteiger partial charge is 0.325 e. The molecule has 1 aromatic carbocycles. The van der Waals surface area contributed by atoms with Gasteiger partial charge in [0, 0.05) is 24.5 Å². The molecule has 1 aromatic heterocycles. The van der Waals surface area contributed by atoms with Gasteiger partial charge in [0.1, 0.15) is 0 Å². The minimum absolute atomic E-state index is 0. The number of rotatable bonds is 4. The van der Waals surface area contributed by atoms with E-state index in [0.717, 1.165) is 22.2 Å². The lowest BCUT2D eigenvalue weighted by Gasteiger charge is -2.09. The molecule has 20 heavy (non-hydrogen) atoms. The van der Waals surface area contributed by atoms with Gasteiger partial charge in [0.05, 0.1) is 11.2 Å². The average Bonchev–Trinajstić information content (AvgIpc) is 2.40. The summed E-state index contributed by atoms with van der Waals surface area (Å²) in [4.78, 5) is 16.1. The van der Waals surface area contributed by atoms with Crippen LogP contribution in [0, 0.1) is 6.92 Å². The highest BCUT2D eigenvalue weighted by Gasteiger charge is 2.07. The molecule has 4 nitrogen and oxygen atoms in total. The number of pyridine rings is 1. The van der Waals surface area contributed by atoms with Gasteiger partial charge in [0.2, 0.25) is 5.91 Å². The molecule has 0 saturated heterocycles. The summed E-state index contributed by atoms with van der Waals surface area (Å²) in [6.07, 6.45) is 2.23. The topological polar surface area (TPSA) is 54.0 Å². The Labute approximate surface area is 131 Å². The predicted molar refractivity (Wildman–Crippen MR) is 88.1 cm³/mol. The van der Waals surface area contributed by atoms with E-state index in [1.165, 1.54) is 0 Å². The van der Waals surface area contributed by atoms with E-state index in [9.17, 15) is 4.79 Å². The highest BCUT2D eigenvalue weighted by atomic mass is 35.5. The number of hydrogen-bond donors (Lipinski definition) is 2. The summed E-state index contributed by atoms with van der Waals surface area (Å²) in [5.74, 6) is 0.0124. The van der Waals surface area contributed by atoms with Crippen LogP contribution >= 0.6 is 24.8 Å². The Morgan fingerprint density at radius 2 is 2.00 bits per heavy atom. The maximum absolute atomic E-state index is 11.7. The van der Waals surface area contributed by atoms with Crippen molar-refractivity contribution >= 4 is 47.3 Å². The molecular formula is C14H19Cl2N3O. The Morgan fingerprint density at radius 3 is 2.70 bits per heavy atom. The molecule has 0 aliphatic heterocycles. The second-order valence-corrected chi connectivity index (χ2v) is 4.23. The highest BCUT2D eigenvalue weighted by Crippen LogP contribution is 2.24. The normalized spacial score (nSPS) is 9.50. The molecule has 2 N–H and O–H groups in total. The van der Waals surface area contributed by atoms with Crippen LogP contribution in [0.15, 0.2) is 30.5 Å². The van der Waals surface area contributed by atoms with Crippen molar-refractivity contribution in [2.45, 2.75) is 13.3 Å². The third-order valence-corrected chi connectivity index (χ3v) is 2.85. The quantitative estimate of drug-likeness (QED) is 0.912. The lowest BCUT2D eigenvalue weighted by atomic mass is 10.1. The fourth-order valence-corrected chi connectivity index (χ4v) is 1.87. The molecule has 1 heterocycles. The molecule has 0 radical (unpaired) electrons. The molecule has 0 saturated carbocycles. The number of fused-ring (bicyclic) bond motifs is 1. The van der Waals surface area contributed by atoms with Crippen LogP contribution < -0.4 is 10.6 Å². The van der Waals surface area contributed by atoms with Gasteiger partial charge in [-0.3, -0.25) is 9.78 Å². The van der Waals surface area contributed by atoms with Crippen LogP contribution in [0.2, 0.25) is 0 Å². The Balaban J connectivity index is 0.00000180. The molecule has 0 fully saturated rings. The number of nitrogens with zero attached hydrogens (tertiary/aromatic N) is 1. The van der Waals surface area contributed by atoms with Gasteiger partial charge in [-0.2, -0.15) is 0 Å². The summed E-state index contributed by atoms with van der Waals surface area (Å²) in [7, 11) is 1.83. The molecule has 110 valence electrons. The van der Waals surface area contributed by atoms with Crippen molar-refractivity contribution in [3.63, 3.8) is 0 Å². The van der Waals surface area contributed by atoms with Crippen molar-refractivity contribution in [2.75, 3.05) is 18.9 Å². The zero-order valence-electron chi connectivity index (χ0n) is 11.5. The molecule has 2 rings (SSSR count). The first-order chi connectivity index (χ1) is 8.72. The number of aromatic nitrogens is 1. The fraction of sp³-hybridized carbons (Fsp3) is 0.286. The van der Waals surface area contributed by atoms with Crippen molar-refractivity contribution in [1.29, 1.82) is 0 Å². The van der Waals surface area contributed by atoms with Crippen LogP contribution in [0.5, 0.6) is 0 Å². The number of benzene rings is 1. The molecule has 0 bridgehead atoms. The van der Waals surface area contributed by atoms with Crippen LogP contribution in [0.1, 0.15) is 12.0 Å². The fourth-order valence-electron chi connectivity index (χ4n) is 1.87. The minimum atomic E-state index is 0. The molecule has 1 amide bonds. The Bertz CT molecular complexity index is 575. The second-order valence-electron chi connectivity index (χ2n) is 4.23. The van der Waals surface area contributed by atoms with Gasteiger partial charge in [-0.15, -0.1) is 24.8 Å². The van der Waals surface area contributed by atoms with Gasteiger partial charge in [-0.1, -0.05) is 6.07 Å². The van der Waals surface area contributed by atoms with Crippen LogP contribution in [0.25, 0.3) is 10.9 Å². The van der Waals surface area contributed by atoms with Crippen molar-refractivity contribution in [2.24, 2.45) is 0 Å². The molecule has 0 unspecified atom stereocenters. The van der Waals surface area contributed by atoms with E-state index in [1.807, 2.05) is 38.2 Å². The second kappa shape index (κ2) is 8.74. The van der Waals surface area contributed by atoms with Gasteiger partial charge in [-0.05, 0) is 37.7 Å². The number of aryl methyl sites for hydroxylation is 1. The SMILES string of the molecule is CNCCC(=O)Nc1ccc(C)c2ncccc12.Cl.Cl. The number of hydrogen-bond acceptors (Lipinski definition) is 3. The number of amides is 1. The van der Waals surface area contributed by atoms with Crippen LogP contribution in [-0.4, -0.2) is 24.5 Å². The van der Waals surface area contributed by atoms with Gasteiger partial charge in [0.15, 0.2) is 0 Å². The van der Waals surface area contributed by atoms with Gasteiger partial charge >= 0.3 is 0 Å². The molecule has 0 spiro atoms. The molecular weight excluding hydrogens is 297 g/mol. The first kappa shape index (κ1) is 18.6. The molecule has 0 aliphatic carbocycles. The lowest BCUT2D eigenvalue weighted by Crippen LogP contribution is -2.18. The maximum Gasteiger partial charge on any atom is 0.225 e. The van der Waals surface area contributed by atoms with Gasteiger partial charge in [0.25, 0.3) is 0 Å². The maximum atomic E-state index is 11.7. The van der Waals surface area contributed by atoms with E-state index in [0.29, 0.717) is 13.0 Å². The van der Waals surface area contributed by atoms with Crippen LogP contribution in [-0.2, 0) is 4.79 Å². The summed E-state index contributed by atoms with van der Waals surface area (Å²) < 4.78 is 0. The zero-order chi connectivity index (χ0) is 13.0. The van der Waals surface area contributed by atoms with Crippen molar-refractivity contribution in [3.05, 3.63) is 36.0 Å². The van der Waals surface area contributed by atoms with Crippen molar-refractivity contribution in [3.8, 4) is 0 Å². The number of carbonyl (C=O) groups is 1. The molecule has 0 aliphatic rings. The summed E-state index contributed by atoms with van der Waals surface area (Å²) >= 11 is 0. The molecule has 0 atom stereocenters. The van der Waals surface area contributed by atoms with E-state index in [4.69, 9.17) is 0 Å². The Morgan fingerprint density at radius 1 is 1.25 bits per heavy atom. The summed E-state index contributed by atoms with van der Waals surface area (Å²) in [6, 6.07) is 7.76. The number of halogens is 2. The van der Waals surface area contributed by atoms with Gasteiger partial charge in [-0.25, -0.2) is 0 Å². The van der Waals surface area contributed by atoms with E-state index >= 15 is 0 Å². The number of anilines is 1. The third kappa shape index (κ3) is 4.34. The monoisotopic (exact) mass is 315 g/mol. The summed E-state index contributed by atoms with van der Waals surface area (Å²) in [5.41, 5.74) is 2.87. The van der Waals surface area contributed by atoms with Crippen molar-refractivity contribution < 1.29 is 4.79 Å². The first-order valence-corrected chi connectivity index (χ1v) is 6.01. The van der Waals surface area contributed by atoms with Crippen LogP contribution in [0.4, 0.5) is 5.69 Å². The Hall–Kier alpha value is -1.36. The predicted octanol–water partition coefficient (Wildman–Crippen LogP) is 2.93. The smallest absolute Gasteiger partial charge is 0.225 e. The van der Waals surface area contributed by atoms with E-state index in [-0.39, 0.29) is 30.7 Å². The van der Waals surface area contributed by atoms with E-state index in [2.05, 4.69) is 15.6 Å². The summed E-state index contributed by atoms with van der Waals surface area (Å²) in [5, 5.41) is 6.87. The lowest BCUT2D eigenvalue weighted by molar-refractivity contribution is -0.116. The van der Waals surface area contributed by atoms with E-state index < -0.39 is 0 Å². The minimum Gasteiger partial charge on any atom is -0.325 e. The van der Waals surface area contributed by atoms with Crippen molar-refractivity contribution in [1.82, 2.24) is 10.3 Å². The van der Waals surface area contributed by atoms with Crippen LogP contribution in [0.3, 0.4) is 0 Å². The first-order valence-electron chi connectivity index (χ1n) is 6.01.